The van der Waals surface area contributed by atoms with E-state index >= 15 is 0 Å². The van der Waals surface area contributed by atoms with Crippen LogP contribution in [-0.2, 0) is 16.0 Å². The first kappa shape index (κ1) is 19.2. The van der Waals surface area contributed by atoms with Crippen LogP contribution in [-0.4, -0.2) is 27.5 Å². The van der Waals surface area contributed by atoms with Gasteiger partial charge in [0.2, 0.25) is 0 Å². The number of hydrogen-bond donors (Lipinski definition) is 0. The number of carbonyl (C=O) groups is 1. The summed E-state index contributed by atoms with van der Waals surface area (Å²) in [4.78, 5) is 18.6. The number of esters is 1. The third-order valence-electron chi connectivity index (χ3n) is 5.23. The first-order chi connectivity index (χ1) is 12.5. The second-order valence-corrected chi connectivity index (χ2v) is 7.26. The topological polar surface area (TPSA) is 46.8 Å². The molecule has 0 N–H and O–H groups in total. The van der Waals surface area contributed by atoms with Crippen molar-refractivity contribution >= 4 is 29.8 Å². The molecule has 3 aromatic rings. The summed E-state index contributed by atoms with van der Waals surface area (Å²) < 4.78 is 7.48. The van der Waals surface area contributed by atoms with E-state index in [1.54, 1.807) is 0 Å². The van der Waals surface area contributed by atoms with Crippen LogP contribution in [0.15, 0.2) is 54.9 Å². The molecule has 0 radical (unpaired) electrons. The first-order valence-electron chi connectivity index (χ1n) is 8.92. The van der Waals surface area contributed by atoms with Crippen molar-refractivity contribution in [2.75, 3.05) is 11.5 Å². The molecule has 2 unspecified atom stereocenters. The summed E-state index contributed by atoms with van der Waals surface area (Å²) in [5.41, 5.74) is 3.14. The normalized spacial score (nSPS) is 21.4. The fourth-order valence-corrected chi connectivity index (χ4v) is 4.09. The van der Waals surface area contributed by atoms with Crippen molar-refractivity contribution in [1.29, 1.82) is 0 Å². The Morgan fingerprint density at radius 2 is 2.00 bits per heavy atom. The van der Waals surface area contributed by atoms with Gasteiger partial charge in [0.1, 0.15) is 18.1 Å². The van der Waals surface area contributed by atoms with Crippen molar-refractivity contribution < 1.29 is 9.53 Å². The van der Waals surface area contributed by atoms with E-state index in [1.807, 2.05) is 35.0 Å². The molecule has 1 aromatic carbocycles. The van der Waals surface area contributed by atoms with Gasteiger partial charge in [0, 0.05) is 13.1 Å². The van der Waals surface area contributed by atoms with E-state index in [4.69, 9.17) is 9.72 Å². The van der Waals surface area contributed by atoms with E-state index in [-0.39, 0.29) is 30.0 Å². The Morgan fingerprint density at radius 1 is 1.26 bits per heavy atom. The summed E-state index contributed by atoms with van der Waals surface area (Å²) in [5.74, 6) is 0.639. The zero-order valence-corrected chi connectivity index (χ0v) is 16.6. The van der Waals surface area contributed by atoms with E-state index in [9.17, 15) is 4.79 Å². The minimum Gasteiger partial charge on any atom is -0.463 e. The van der Waals surface area contributed by atoms with Gasteiger partial charge in [-0.1, -0.05) is 30.3 Å². The smallest absolute Gasteiger partial charge is 0.302 e. The molecule has 1 aliphatic heterocycles. The standard InChI is InChI=1S/C21H23N3O2.ClH/c1-15-18-9-5-4-8-17(18)12-21(3,14-26-16(2)25)24(15)20-13-23-11-7-6-10-19(23)22-20;/h4-11,13,15H,12,14H2,1-3H3;1H. The minimum atomic E-state index is -0.364. The van der Waals surface area contributed by atoms with Crippen molar-refractivity contribution in [2.45, 2.75) is 38.8 Å². The molecule has 2 aromatic heterocycles. The molecule has 2 atom stereocenters. The van der Waals surface area contributed by atoms with Gasteiger partial charge in [-0.25, -0.2) is 4.98 Å². The van der Waals surface area contributed by atoms with Crippen LogP contribution in [0.25, 0.3) is 5.65 Å². The molecule has 1 aliphatic rings. The SMILES string of the molecule is CC(=O)OCC1(C)Cc2ccccc2C(C)N1c1cn2ccccc2n1.Cl. The van der Waals surface area contributed by atoms with Gasteiger partial charge in [-0.2, -0.15) is 0 Å². The van der Waals surface area contributed by atoms with Crippen LogP contribution in [0.5, 0.6) is 0 Å². The summed E-state index contributed by atoms with van der Waals surface area (Å²) in [7, 11) is 0. The maximum absolute atomic E-state index is 11.5. The van der Waals surface area contributed by atoms with E-state index < -0.39 is 0 Å². The van der Waals surface area contributed by atoms with Crippen molar-refractivity contribution in [3.8, 4) is 0 Å². The van der Waals surface area contributed by atoms with Crippen LogP contribution in [0, 0.1) is 0 Å². The maximum Gasteiger partial charge on any atom is 0.302 e. The summed E-state index contributed by atoms with van der Waals surface area (Å²) in [5, 5.41) is 0. The Kier molecular flexibility index (Phi) is 5.16. The zero-order valence-electron chi connectivity index (χ0n) is 15.8. The van der Waals surface area contributed by atoms with Gasteiger partial charge >= 0.3 is 5.97 Å². The quantitative estimate of drug-likeness (QED) is 0.634. The number of anilines is 1. The van der Waals surface area contributed by atoms with Gasteiger partial charge in [-0.3, -0.25) is 4.79 Å². The molecule has 0 amide bonds. The molecule has 0 aliphatic carbocycles. The van der Waals surface area contributed by atoms with E-state index in [0.717, 1.165) is 17.9 Å². The zero-order chi connectivity index (χ0) is 18.3. The molecule has 6 heteroatoms. The molecule has 0 fully saturated rings. The van der Waals surface area contributed by atoms with Crippen LogP contribution < -0.4 is 4.90 Å². The number of fused-ring (bicyclic) bond motifs is 2. The Labute approximate surface area is 165 Å². The Hall–Kier alpha value is -2.53. The highest BCUT2D eigenvalue weighted by atomic mass is 35.5. The number of nitrogens with zero attached hydrogens (tertiary/aromatic N) is 3. The lowest BCUT2D eigenvalue weighted by atomic mass is 9.81. The lowest BCUT2D eigenvalue weighted by molar-refractivity contribution is -0.142. The highest BCUT2D eigenvalue weighted by Gasteiger charge is 2.42. The molecule has 0 saturated heterocycles. The second kappa shape index (κ2) is 7.24. The number of benzene rings is 1. The third-order valence-corrected chi connectivity index (χ3v) is 5.23. The van der Waals surface area contributed by atoms with Crippen LogP contribution in [0.2, 0.25) is 0 Å². The Morgan fingerprint density at radius 3 is 2.74 bits per heavy atom. The monoisotopic (exact) mass is 385 g/mol. The van der Waals surface area contributed by atoms with E-state index in [1.165, 1.54) is 18.1 Å². The molecule has 27 heavy (non-hydrogen) atoms. The largest absolute Gasteiger partial charge is 0.463 e. The van der Waals surface area contributed by atoms with Gasteiger partial charge in [0.05, 0.1) is 17.8 Å². The molecule has 4 rings (SSSR count). The molecule has 3 heterocycles. The van der Waals surface area contributed by atoms with Crippen LogP contribution in [0.3, 0.4) is 0 Å². The number of imidazole rings is 1. The summed E-state index contributed by atoms with van der Waals surface area (Å²) in [6, 6.07) is 14.6. The van der Waals surface area contributed by atoms with Crippen LogP contribution in [0.4, 0.5) is 5.82 Å². The Bertz CT molecular complexity index is 938. The van der Waals surface area contributed by atoms with Gasteiger partial charge in [-0.15, -0.1) is 12.4 Å². The van der Waals surface area contributed by atoms with E-state index in [0.29, 0.717) is 6.61 Å². The third kappa shape index (κ3) is 3.39. The van der Waals surface area contributed by atoms with Crippen molar-refractivity contribution in [3.05, 3.63) is 66.0 Å². The number of carbonyl (C=O) groups excluding carboxylic acids is 1. The van der Waals surface area contributed by atoms with Gasteiger partial charge in [0.15, 0.2) is 0 Å². The maximum atomic E-state index is 11.5. The Balaban J connectivity index is 0.00000210. The number of halogens is 1. The minimum absolute atomic E-state index is 0. The summed E-state index contributed by atoms with van der Waals surface area (Å²) >= 11 is 0. The van der Waals surface area contributed by atoms with Gasteiger partial charge in [-0.05, 0) is 43.5 Å². The molecular formula is C21H24ClN3O2. The highest BCUT2D eigenvalue weighted by molar-refractivity contribution is 5.85. The fraction of sp³-hybridized carbons (Fsp3) is 0.333. The van der Waals surface area contributed by atoms with E-state index in [2.05, 4.69) is 43.0 Å². The second-order valence-electron chi connectivity index (χ2n) is 7.26. The number of hydrogen-bond acceptors (Lipinski definition) is 4. The lowest BCUT2D eigenvalue weighted by Crippen LogP contribution is -2.56. The predicted molar refractivity (Wildman–Crippen MR) is 109 cm³/mol. The highest BCUT2D eigenvalue weighted by Crippen LogP contribution is 2.41. The van der Waals surface area contributed by atoms with Crippen molar-refractivity contribution in [1.82, 2.24) is 9.38 Å². The molecule has 5 nitrogen and oxygen atoms in total. The average Bonchev–Trinajstić information content (AvgIpc) is 3.03. The number of aromatic nitrogens is 2. The predicted octanol–water partition coefficient (Wildman–Crippen LogP) is 4.20. The number of ether oxygens (including phenoxy) is 1. The lowest BCUT2D eigenvalue weighted by Gasteiger charge is -2.49. The molecule has 0 saturated carbocycles. The first-order valence-corrected chi connectivity index (χ1v) is 8.92. The van der Waals surface area contributed by atoms with Crippen LogP contribution in [0.1, 0.15) is 37.9 Å². The van der Waals surface area contributed by atoms with Gasteiger partial charge in [0.25, 0.3) is 0 Å². The number of pyridine rings is 1. The summed E-state index contributed by atoms with van der Waals surface area (Å²) in [6.45, 7) is 6.12. The molecular weight excluding hydrogens is 362 g/mol. The van der Waals surface area contributed by atoms with Crippen molar-refractivity contribution in [2.24, 2.45) is 0 Å². The average molecular weight is 386 g/mol. The molecule has 0 bridgehead atoms. The van der Waals surface area contributed by atoms with Gasteiger partial charge < -0.3 is 14.0 Å². The summed E-state index contributed by atoms with van der Waals surface area (Å²) in [6.07, 6.45) is 4.85. The fourth-order valence-electron chi connectivity index (χ4n) is 4.09. The molecule has 142 valence electrons. The number of rotatable bonds is 3. The van der Waals surface area contributed by atoms with Crippen molar-refractivity contribution in [3.63, 3.8) is 0 Å². The van der Waals surface area contributed by atoms with Crippen LogP contribution >= 0.6 is 12.4 Å². The molecule has 0 spiro atoms.